The Balaban J connectivity index is 1.94. The number of H-pyrrole nitrogens is 1. The van der Waals surface area contributed by atoms with E-state index in [1.165, 1.54) is 0 Å². The highest BCUT2D eigenvalue weighted by Crippen LogP contribution is 2.24. The monoisotopic (exact) mass is 328 g/mol. The van der Waals surface area contributed by atoms with Crippen LogP contribution in [0.5, 0.6) is 0 Å². The second kappa shape index (κ2) is 6.84. The van der Waals surface area contributed by atoms with Gasteiger partial charge in [0.2, 0.25) is 0 Å². The topological polar surface area (TPSA) is 55.0 Å². The molecule has 1 aromatic heterocycles. The molecule has 1 atom stereocenters. The fourth-order valence-corrected chi connectivity index (χ4v) is 2.65. The van der Waals surface area contributed by atoms with Crippen LogP contribution in [0.2, 0.25) is 5.02 Å². The Morgan fingerprint density at radius 1 is 1.22 bits per heavy atom. The minimum Gasteiger partial charge on any atom is -0.465 e. The van der Waals surface area contributed by atoms with E-state index in [-0.39, 0.29) is 5.97 Å². The number of carbonyl (C=O) groups is 1. The van der Waals surface area contributed by atoms with Crippen molar-refractivity contribution >= 4 is 28.6 Å². The second-order valence-corrected chi connectivity index (χ2v) is 5.71. The van der Waals surface area contributed by atoms with Crippen molar-refractivity contribution < 1.29 is 9.53 Å². The van der Waals surface area contributed by atoms with Crippen molar-refractivity contribution in [2.24, 2.45) is 0 Å². The van der Waals surface area contributed by atoms with E-state index in [1.807, 2.05) is 48.5 Å². The number of benzene rings is 2. The van der Waals surface area contributed by atoms with Gasteiger partial charge in [0.1, 0.15) is 11.7 Å². The summed E-state index contributed by atoms with van der Waals surface area (Å²) in [5, 5.41) is 0.671. The van der Waals surface area contributed by atoms with E-state index in [4.69, 9.17) is 16.3 Å². The third kappa shape index (κ3) is 3.54. The molecule has 5 heteroatoms. The molecule has 0 fully saturated rings. The number of aromatic nitrogens is 2. The van der Waals surface area contributed by atoms with Crippen LogP contribution in [-0.4, -0.2) is 22.5 Å². The van der Waals surface area contributed by atoms with Crippen molar-refractivity contribution in [1.82, 2.24) is 9.97 Å². The first-order chi connectivity index (χ1) is 11.2. The lowest BCUT2D eigenvalue weighted by molar-refractivity contribution is -0.145. The van der Waals surface area contributed by atoms with Gasteiger partial charge >= 0.3 is 5.97 Å². The van der Waals surface area contributed by atoms with E-state index in [1.54, 1.807) is 6.92 Å². The molecule has 0 aliphatic rings. The van der Waals surface area contributed by atoms with Crippen LogP contribution in [0.15, 0.2) is 48.5 Å². The van der Waals surface area contributed by atoms with Crippen LogP contribution in [0.1, 0.15) is 24.2 Å². The number of fused-ring (bicyclic) bond motifs is 1. The number of nitrogens with zero attached hydrogens (tertiary/aromatic N) is 1. The van der Waals surface area contributed by atoms with Crippen molar-refractivity contribution in [3.8, 4) is 0 Å². The summed E-state index contributed by atoms with van der Waals surface area (Å²) in [5.74, 6) is -0.121. The molecule has 0 amide bonds. The van der Waals surface area contributed by atoms with Gasteiger partial charge in [-0.1, -0.05) is 35.9 Å². The molecule has 3 aromatic rings. The quantitative estimate of drug-likeness (QED) is 0.717. The average molecular weight is 329 g/mol. The molecule has 1 unspecified atom stereocenters. The number of imidazole rings is 1. The number of hydrogen-bond donors (Lipinski definition) is 1. The molecule has 0 aliphatic carbocycles. The lowest BCUT2D eigenvalue weighted by atomic mass is 9.99. The Labute approximate surface area is 139 Å². The maximum absolute atomic E-state index is 12.4. The van der Waals surface area contributed by atoms with Crippen LogP contribution in [-0.2, 0) is 16.0 Å². The number of aromatic amines is 1. The number of rotatable bonds is 5. The van der Waals surface area contributed by atoms with Gasteiger partial charge in [0.05, 0.1) is 17.6 Å². The number of nitrogens with one attached hydrogen (secondary N) is 1. The standard InChI is InChI=1S/C18H17ClN2O2/c1-2-23-18(22)14(11-12-7-9-13(19)10-8-12)17-20-15-5-3-4-6-16(15)21-17/h3-10,14H,2,11H2,1H3,(H,20,21). The zero-order valence-electron chi connectivity index (χ0n) is 12.8. The van der Waals surface area contributed by atoms with Gasteiger partial charge < -0.3 is 9.72 Å². The largest absolute Gasteiger partial charge is 0.465 e. The van der Waals surface area contributed by atoms with Crippen LogP contribution >= 0.6 is 11.6 Å². The first-order valence-electron chi connectivity index (χ1n) is 7.53. The molecule has 4 nitrogen and oxygen atoms in total. The summed E-state index contributed by atoms with van der Waals surface area (Å²) in [6.07, 6.45) is 0.510. The van der Waals surface area contributed by atoms with Gasteiger partial charge in [-0.3, -0.25) is 4.79 Å². The molecule has 0 saturated heterocycles. The maximum atomic E-state index is 12.4. The van der Waals surface area contributed by atoms with Gasteiger partial charge in [0.15, 0.2) is 0 Å². The maximum Gasteiger partial charge on any atom is 0.316 e. The Kier molecular flexibility index (Phi) is 4.63. The third-order valence-electron chi connectivity index (χ3n) is 3.66. The molecule has 0 aliphatic heterocycles. The van der Waals surface area contributed by atoms with Crippen molar-refractivity contribution in [3.63, 3.8) is 0 Å². The van der Waals surface area contributed by atoms with Crippen molar-refractivity contribution in [2.45, 2.75) is 19.3 Å². The number of carbonyl (C=O) groups excluding carboxylic acids is 1. The molecule has 3 rings (SSSR count). The van der Waals surface area contributed by atoms with E-state index in [2.05, 4.69) is 9.97 Å². The second-order valence-electron chi connectivity index (χ2n) is 5.27. The summed E-state index contributed by atoms with van der Waals surface area (Å²) in [5.41, 5.74) is 2.76. The minimum absolute atomic E-state index is 0.276. The van der Waals surface area contributed by atoms with Gasteiger partial charge in [-0.15, -0.1) is 0 Å². The lowest BCUT2D eigenvalue weighted by Gasteiger charge is -2.13. The number of esters is 1. The highest BCUT2D eigenvalue weighted by atomic mass is 35.5. The Morgan fingerprint density at radius 2 is 1.96 bits per heavy atom. The number of hydrogen-bond acceptors (Lipinski definition) is 3. The Morgan fingerprint density at radius 3 is 2.65 bits per heavy atom. The summed E-state index contributed by atoms with van der Waals surface area (Å²) in [6.45, 7) is 2.14. The van der Waals surface area contributed by atoms with Crippen LogP contribution in [0, 0.1) is 0 Å². The molecule has 118 valence electrons. The van der Waals surface area contributed by atoms with Crippen molar-refractivity contribution in [3.05, 3.63) is 64.9 Å². The minimum atomic E-state index is -0.469. The summed E-state index contributed by atoms with van der Waals surface area (Å²) >= 11 is 5.92. The fraction of sp³-hybridized carbons (Fsp3) is 0.222. The molecule has 2 aromatic carbocycles. The van der Waals surface area contributed by atoms with Crippen LogP contribution in [0.25, 0.3) is 11.0 Å². The fourth-order valence-electron chi connectivity index (χ4n) is 2.53. The zero-order valence-corrected chi connectivity index (χ0v) is 13.5. The summed E-state index contributed by atoms with van der Waals surface area (Å²) < 4.78 is 5.23. The first kappa shape index (κ1) is 15.6. The van der Waals surface area contributed by atoms with E-state index in [0.717, 1.165) is 16.6 Å². The van der Waals surface area contributed by atoms with Gasteiger partial charge in [-0.2, -0.15) is 0 Å². The summed E-state index contributed by atoms with van der Waals surface area (Å²) in [4.78, 5) is 20.2. The molecule has 0 bridgehead atoms. The average Bonchev–Trinajstić information content (AvgIpc) is 2.98. The number of ether oxygens (including phenoxy) is 1. The van der Waals surface area contributed by atoms with Crippen molar-refractivity contribution in [2.75, 3.05) is 6.61 Å². The SMILES string of the molecule is CCOC(=O)C(Cc1ccc(Cl)cc1)c1nc2ccccc2[nH]1. The van der Waals surface area contributed by atoms with E-state index < -0.39 is 5.92 Å². The van der Waals surface area contributed by atoms with Crippen molar-refractivity contribution in [1.29, 1.82) is 0 Å². The molecule has 1 N–H and O–H groups in total. The van der Waals surface area contributed by atoms with Gasteiger partial charge in [0, 0.05) is 5.02 Å². The predicted molar refractivity (Wildman–Crippen MR) is 90.6 cm³/mol. The summed E-state index contributed by atoms with van der Waals surface area (Å²) in [6, 6.07) is 15.2. The Bertz CT molecular complexity index is 778. The zero-order chi connectivity index (χ0) is 16.2. The molecule has 0 saturated carbocycles. The van der Waals surface area contributed by atoms with E-state index in [0.29, 0.717) is 23.9 Å². The van der Waals surface area contributed by atoms with Crippen LogP contribution in [0.3, 0.4) is 0 Å². The number of para-hydroxylation sites is 2. The molecular formula is C18H17ClN2O2. The van der Waals surface area contributed by atoms with Gasteiger partial charge in [-0.25, -0.2) is 4.98 Å². The summed E-state index contributed by atoms with van der Waals surface area (Å²) in [7, 11) is 0. The van der Waals surface area contributed by atoms with Crippen LogP contribution < -0.4 is 0 Å². The highest BCUT2D eigenvalue weighted by molar-refractivity contribution is 6.30. The molecule has 1 heterocycles. The normalized spacial score (nSPS) is 12.3. The van der Waals surface area contributed by atoms with Gasteiger partial charge in [0.25, 0.3) is 0 Å². The van der Waals surface area contributed by atoms with Gasteiger partial charge in [-0.05, 0) is 43.2 Å². The number of halogens is 1. The van der Waals surface area contributed by atoms with Crippen LogP contribution in [0.4, 0.5) is 0 Å². The molecular weight excluding hydrogens is 312 g/mol. The molecule has 23 heavy (non-hydrogen) atoms. The smallest absolute Gasteiger partial charge is 0.316 e. The molecule has 0 spiro atoms. The highest BCUT2D eigenvalue weighted by Gasteiger charge is 2.25. The first-order valence-corrected chi connectivity index (χ1v) is 7.91. The van der Waals surface area contributed by atoms with E-state index >= 15 is 0 Å². The lowest BCUT2D eigenvalue weighted by Crippen LogP contribution is -2.19. The Hall–Kier alpha value is -2.33. The predicted octanol–water partition coefficient (Wildman–Crippen LogP) is 4.11. The third-order valence-corrected chi connectivity index (χ3v) is 3.91. The molecule has 0 radical (unpaired) electrons. The van der Waals surface area contributed by atoms with E-state index in [9.17, 15) is 4.79 Å².